The van der Waals surface area contributed by atoms with Gasteiger partial charge < -0.3 is 18.8 Å². The van der Waals surface area contributed by atoms with Crippen molar-refractivity contribution >= 4 is 11.6 Å². The molecule has 1 heterocycles. The zero-order chi connectivity index (χ0) is 22.9. The number of nitrogens with zero attached hydrogens (tertiary/aromatic N) is 1. The summed E-state index contributed by atoms with van der Waals surface area (Å²) in [5, 5.41) is 0.212. The summed E-state index contributed by atoms with van der Waals surface area (Å²) in [6.07, 6.45) is -0.260. The zero-order valence-corrected chi connectivity index (χ0v) is 18.5. The second-order valence-electron chi connectivity index (χ2n) is 7.11. The number of hydrogen-bond acceptors (Lipinski definition) is 4. The Balaban J connectivity index is 2.36. The van der Waals surface area contributed by atoms with Crippen LogP contribution in [0.5, 0.6) is 17.2 Å². The predicted octanol–water partition coefficient (Wildman–Crippen LogP) is 5.46. The third-order valence-electron chi connectivity index (χ3n) is 4.70. The molecular weight excluding hydrogens is 428 g/mol. The first-order valence-corrected chi connectivity index (χ1v) is 9.83. The van der Waals surface area contributed by atoms with Gasteiger partial charge in [-0.3, -0.25) is 4.79 Å². The number of pyridine rings is 1. The molecule has 0 fully saturated rings. The fourth-order valence-corrected chi connectivity index (χ4v) is 3.60. The number of halogens is 3. The summed E-state index contributed by atoms with van der Waals surface area (Å²) in [6.45, 7) is 3.50. The highest BCUT2D eigenvalue weighted by molar-refractivity contribution is 6.35. The van der Waals surface area contributed by atoms with Crippen molar-refractivity contribution < 1.29 is 23.0 Å². The summed E-state index contributed by atoms with van der Waals surface area (Å²) in [7, 11) is 4.35. The minimum absolute atomic E-state index is 0.0239. The minimum atomic E-state index is -0.871. The quantitative estimate of drug-likeness (QED) is 0.501. The standard InChI is InChI=1S/C23H22ClF2NO4/c1-12(2)31-14-9-17(25)21(18(26)10-14)23-15(6-7-20(28)27(23)3)16-8-13(29-4)11-19(30-5)22(16)24/h6-12H,1-5H3. The smallest absolute Gasteiger partial charge is 0.250 e. The van der Waals surface area contributed by atoms with E-state index in [0.717, 1.165) is 12.1 Å². The number of benzene rings is 2. The first kappa shape index (κ1) is 22.6. The van der Waals surface area contributed by atoms with Crippen LogP contribution in [0.25, 0.3) is 22.4 Å². The third kappa shape index (κ3) is 4.37. The van der Waals surface area contributed by atoms with Crippen LogP contribution in [0.1, 0.15) is 13.8 Å². The Bertz CT molecular complexity index is 1170. The van der Waals surface area contributed by atoms with Gasteiger partial charge >= 0.3 is 0 Å². The van der Waals surface area contributed by atoms with Gasteiger partial charge in [-0.1, -0.05) is 11.6 Å². The molecule has 3 rings (SSSR count). The highest BCUT2D eigenvalue weighted by Gasteiger charge is 2.23. The van der Waals surface area contributed by atoms with E-state index < -0.39 is 17.2 Å². The normalized spacial score (nSPS) is 11.0. The maximum atomic E-state index is 15.1. The molecule has 0 atom stereocenters. The van der Waals surface area contributed by atoms with E-state index in [4.69, 9.17) is 25.8 Å². The van der Waals surface area contributed by atoms with Crippen LogP contribution in [0.3, 0.4) is 0 Å². The number of ether oxygens (including phenoxy) is 3. The van der Waals surface area contributed by atoms with E-state index in [-0.39, 0.29) is 28.1 Å². The van der Waals surface area contributed by atoms with Crippen LogP contribution >= 0.6 is 11.6 Å². The van der Waals surface area contributed by atoms with Gasteiger partial charge in [-0.15, -0.1) is 0 Å². The molecular formula is C23H22ClF2NO4. The summed E-state index contributed by atoms with van der Waals surface area (Å²) in [5.41, 5.74) is -0.0598. The Hall–Kier alpha value is -3.06. The highest BCUT2D eigenvalue weighted by atomic mass is 35.5. The zero-order valence-electron chi connectivity index (χ0n) is 17.8. The van der Waals surface area contributed by atoms with E-state index in [0.29, 0.717) is 22.6 Å². The summed E-state index contributed by atoms with van der Waals surface area (Å²) < 4.78 is 47.4. The Labute approximate surface area is 183 Å². The van der Waals surface area contributed by atoms with Gasteiger partial charge in [0.25, 0.3) is 5.56 Å². The third-order valence-corrected chi connectivity index (χ3v) is 5.09. The molecule has 0 aliphatic rings. The van der Waals surface area contributed by atoms with E-state index in [1.54, 1.807) is 26.0 Å². The molecule has 0 unspecified atom stereocenters. The lowest BCUT2D eigenvalue weighted by molar-refractivity contribution is 0.240. The molecule has 1 aromatic heterocycles. The lowest BCUT2D eigenvalue weighted by atomic mass is 9.97. The molecule has 0 saturated carbocycles. The van der Waals surface area contributed by atoms with Crippen molar-refractivity contribution in [2.24, 2.45) is 7.05 Å². The van der Waals surface area contributed by atoms with Gasteiger partial charge in [-0.25, -0.2) is 8.78 Å². The fourth-order valence-electron chi connectivity index (χ4n) is 3.31. The summed E-state index contributed by atoms with van der Waals surface area (Å²) in [6, 6.07) is 8.15. The minimum Gasteiger partial charge on any atom is -0.497 e. The molecule has 8 heteroatoms. The average molecular weight is 450 g/mol. The largest absolute Gasteiger partial charge is 0.497 e. The van der Waals surface area contributed by atoms with Crippen molar-refractivity contribution in [1.29, 1.82) is 0 Å². The summed E-state index contributed by atoms with van der Waals surface area (Å²) in [5.74, 6) is -0.944. The SMILES string of the molecule is COc1cc(OC)c(Cl)c(-c2ccc(=O)n(C)c2-c2c(F)cc(OC(C)C)cc2F)c1. The summed E-state index contributed by atoms with van der Waals surface area (Å²) >= 11 is 6.51. The van der Waals surface area contributed by atoms with Gasteiger partial charge in [0.15, 0.2) is 0 Å². The van der Waals surface area contributed by atoms with Gasteiger partial charge in [0.1, 0.15) is 28.9 Å². The maximum absolute atomic E-state index is 15.1. The van der Waals surface area contributed by atoms with E-state index in [2.05, 4.69) is 0 Å². The number of methoxy groups -OCH3 is 2. The second-order valence-corrected chi connectivity index (χ2v) is 7.49. The molecule has 0 spiro atoms. The van der Waals surface area contributed by atoms with Crippen molar-refractivity contribution in [3.63, 3.8) is 0 Å². The van der Waals surface area contributed by atoms with E-state index >= 15 is 8.78 Å². The molecule has 164 valence electrons. The number of hydrogen-bond donors (Lipinski definition) is 0. The average Bonchev–Trinajstić information content (AvgIpc) is 2.70. The molecule has 5 nitrogen and oxygen atoms in total. The van der Waals surface area contributed by atoms with Crippen molar-refractivity contribution in [2.75, 3.05) is 14.2 Å². The Kier molecular flexibility index (Phi) is 6.55. The number of aromatic nitrogens is 1. The molecule has 0 radical (unpaired) electrons. The van der Waals surface area contributed by atoms with Crippen molar-refractivity contribution in [2.45, 2.75) is 20.0 Å². The molecule has 3 aromatic rings. The van der Waals surface area contributed by atoms with Gasteiger partial charge in [0.2, 0.25) is 0 Å². The van der Waals surface area contributed by atoms with Gasteiger partial charge in [-0.2, -0.15) is 0 Å². The Morgan fingerprint density at radius 3 is 2.13 bits per heavy atom. The molecule has 0 aliphatic carbocycles. The van der Waals surface area contributed by atoms with Crippen LogP contribution in [0.15, 0.2) is 41.2 Å². The van der Waals surface area contributed by atoms with Crippen molar-refractivity contribution in [3.8, 4) is 39.6 Å². The van der Waals surface area contributed by atoms with E-state index in [1.807, 2.05) is 0 Å². The van der Waals surface area contributed by atoms with E-state index in [9.17, 15) is 4.79 Å². The monoisotopic (exact) mass is 449 g/mol. The van der Waals surface area contributed by atoms with Gasteiger partial charge in [0, 0.05) is 42.4 Å². The van der Waals surface area contributed by atoms with Crippen LogP contribution in [0.4, 0.5) is 8.78 Å². The molecule has 0 saturated heterocycles. The molecule has 2 aromatic carbocycles. The first-order valence-electron chi connectivity index (χ1n) is 9.45. The van der Waals surface area contributed by atoms with Crippen LogP contribution in [-0.4, -0.2) is 24.9 Å². The second kappa shape index (κ2) is 8.98. The van der Waals surface area contributed by atoms with Crippen LogP contribution in [-0.2, 0) is 7.05 Å². The van der Waals surface area contributed by atoms with Crippen molar-refractivity contribution in [1.82, 2.24) is 4.57 Å². The lowest BCUT2D eigenvalue weighted by Crippen LogP contribution is -2.19. The fraction of sp³-hybridized carbons (Fsp3) is 0.261. The molecule has 0 bridgehead atoms. The molecule has 31 heavy (non-hydrogen) atoms. The van der Waals surface area contributed by atoms with Crippen LogP contribution in [0.2, 0.25) is 5.02 Å². The topological polar surface area (TPSA) is 49.7 Å². The van der Waals surface area contributed by atoms with Crippen LogP contribution in [0, 0.1) is 11.6 Å². The maximum Gasteiger partial charge on any atom is 0.250 e. The predicted molar refractivity (Wildman–Crippen MR) is 116 cm³/mol. The molecule has 0 amide bonds. The van der Waals surface area contributed by atoms with Crippen molar-refractivity contribution in [3.05, 3.63) is 63.4 Å². The summed E-state index contributed by atoms with van der Waals surface area (Å²) in [4.78, 5) is 12.4. The highest BCUT2D eigenvalue weighted by Crippen LogP contribution is 2.43. The van der Waals surface area contributed by atoms with Gasteiger partial charge in [0.05, 0.1) is 36.6 Å². The van der Waals surface area contributed by atoms with E-state index in [1.165, 1.54) is 38.0 Å². The molecule has 0 N–H and O–H groups in total. The van der Waals surface area contributed by atoms with Crippen LogP contribution < -0.4 is 19.8 Å². The molecule has 0 aliphatic heterocycles. The Morgan fingerprint density at radius 2 is 1.58 bits per heavy atom. The first-order chi connectivity index (χ1) is 14.7. The van der Waals surface area contributed by atoms with Gasteiger partial charge in [-0.05, 0) is 26.0 Å². The number of rotatable bonds is 6. The lowest BCUT2D eigenvalue weighted by Gasteiger charge is -2.19. The Morgan fingerprint density at radius 1 is 0.935 bits per heavy atom.